The van der Waals surface area contributed by atoms with E-state index >= 15 is 0 Å². The van der Waals surface area contributed by atoms with E-state index < -0.39 is 0 Å². The summed E-state index contributed by atoms with van der Waals surface area (Å²) in [4.78, 5) is 8.22. The van der Waals surface area contributed by atoms with E-state index in [4.69, 9.17) is 0 Å². The first-order valence-corrected chi connectivity index (χ1v) is 6.76. The fraction of sp³-hybridized carbons (Fsp3) is 0.118. The standard InChI is InChI=1S/C17H13FN4/c1-12-16(8-7-15-5-3-4-10-19-15)13(2)22(21-12)17-9-6-14(18)11-20-17/h3-6,9-11H,1-2H3. The summed E-state index contributed by atoms with van der Waals surface area (Å²) in [5, 5.41) is 4.43. The van der Waals surface area contributed by atoms with Gasteiger partial charge in [-0.05, 0) is 44.0 Å². The van der Waals surface area contributed by atoms with E-state index in [1.54, 1.807) is 16.9 Å². The Bertz CT molecular complexity index is 855. The molecule has 5 heteroatoms. The molecule has 0 amide bonds. The number of rotatable bonds is 1. The van der Waals surface area contributed by atoms with Crippen molar-refractivity contribution in [3.63, 3.8) is 0 Å². The van der Waals surface area contributed by atoms with Crippen LogP contribution < -0.4 is 0 Å². The first-order valence-electron chi connectivity index (χ1n) is 6.76. The van der Waals surface area contributed by atoms with Crippen molar-refractivity contribution >= 4 is 0 Å². The third kappa shape index (κ3) is 2.72. The molecular formula is C17H13FN4. The van der Waals surface area contributed by atoms with Crippen molar-refractivity contribution in [2.45, 2.75) is 13.8 Å². The monoisotopic (exact) mass is 292 g/mol. The molecule has 4 nitrogen and oxygen atoms in total. The third-order valence-electron chi connectivity index (χ3n) is 3.20. The van der Waals surface area contributed by atoms with Crippen LogP contribution in [0.1, 0.15) is 22.6 Å². The zero-order chi connectivity index (χ0) is 15.5. The van der Waals surface area contributed by atoms with Crippen LogP contribution in [0.15, 0.2) is 42.7 Å². The quantitative estimate of drug-likeness (QED) is 0.648. The molecule has 0 aliphatic carbocycles. The summed E-state index contributed by atoms with van der Waals surface area (Å²) in [6.45, 7) is 3.79. The van der Waals surface area contributed by atoms with Crippen LogP contribution in [-0.2, 0) is 0 Å². The van der Waals surface area contributed by atoms with E-state index in [1.807, 2.05) is 32.0 Å². The SMILES string of the molecule is Cc1nn(-c2ccc(F)cn2)c(C)c1C#Cc1ccccn1. The van der Waals surface area contributed by atoms with E-state index in [0.29, 0.717) is 11.5 Å². The highest BCUT2D eigenvalue weighted by molar-refractivity contribution is 5.46. The normalized spacial score (nSPS) is 10.1. The largest absolute Gasteiger partial charge is 0.248 e. The van der Waals surface area contributed by atoms with Gasteiger partial charge >= 0.3 is 0 Å². The van der Waals surface area contributed by atoms with Gasteiger partial charge < -0.3 is 0 Å². The lowest BCUT2D eigenvalue weighted by Crippen LogP contribution is -2.02. The molecule has 0 atom stereocenters. The van der Waals surface area contributed by atoms with Gasteiger partial charge in [-0.1, -0.05) is 12.0 Å². The Morgan fingerprint density at radius 3 is 2.59 bits per heavy atom. The van der Waals surface area contributed by atoms with Gasteiger partial charge in [0.1, 0.15) is 11.5 Å². The highest BCUT2D eigenvalue weighted by atomic mass is 19.1. The topological polar surface area (TPSA) is 43.6 Å². The van der Waals surface area contributed by atoms with Crippen LogP contribution in [0.4, 0.5) is 4.39 Å². The second-order valence-corrected chi connectivity index (χ2v) is 4.76. The molecule has 0 fully saturated rings. The maximum Gasteiger partial charge on any atom is 0.153 e. The van der Waals surface area contributed by atoms with Crippen LogP contribution in [-0.4, -0.2) is 19.7 Å². The lowest BCUT2D eigenvalue weighted by Gasteiger charge is -2.02. The van der Waals surface area contributed by atoms with Crippen molar-refractivity contribution in [1.29, 1.82) is 0 Å². The van der Waals surface area contributed by atoms with Gasteiger partial charge in [-0.3, -0.25) is 0 Å². The molecule has 0 aliphatic heterocycles. The van der Waals surface area contributed by atoms with Crippen LogP contribution in [0, 0.1) is 31.5 Å². The van der Waals surface area contributed by atoms with Gasteiger partial charge in [0.05, 0.1) is 23.1 Å². The molecule has 0 saturated heterocycles. The van der Waals surface area contributed by atoms with E-state index in [-0.39, 0.29) is 5.82 Å². The molecule has 3 aromatic rings. The molecule has 3 rings (SSSR count). The first-order chi connectivity index (χ1) is 10.6. The van der Waals surface area contributed by atoms with Gasteiger partial charge in [-0.15, -0.1) is 0 Å². The number of aromatic nitrogens is 4. The van der Waals surface area contributed by atoms with E-state index in [9.17, 15) is 4.39 Å². The molecule has 0 aromatic carbocycles. The number of aryl methyl sites for hydroxylation is 1. The van der Waals surface area contributed by atoms with Crippen molar-refractivity contribution in [2.75, 3.05) is 0 Å². The van der Waals surface area contributed by atoms with Crippen molar-refractivity contribution in [3.05, 3.63) is 71.2 Å². The molecule has 0 spiro atoms. The fourth-order valence-electron chi connectivity index (χ4n) is 2.10. The Labute approximate surface area is 127 Å². The number of nitrogens with zero attached hydrogens (tertiary/aromatic N) is 4. The summed E-state index contributed by atoms with van der Waals surface area (Å²) < 4.78 is 14.6. The highest BCUT2D eigenvalue weighted by Crippen LogP contribution is 2.15. The van der Waals surface area contributed by atoms with Gasteiger partial charge in [0.2, 0.25) is 0 Å². The van der Waals surface area contributed by atoms with Crippen LogP contribution in [0.3, 0.4) is 0 Å². The smallest absolute Gasteiger partial charge is 0.153 e. The number of hydrogen-bond donors (Lipinski definition) is 0. The summed E-state index contributed by atoms with van der Waals surface area (Å²) in [6.07, 6.45) is 2.88. The maximum atomic E-state index is 13.0. The Hall–Kier alpha value is -3.00. The van der Waals surface area contributed by atoms with Gasteiger partial charge in [0.15, 0.2) is 5.82 Å². The molecule has 22 heavy (non-hydrogen) atoms. The van der Waals surface area contributed by atoms with Crippen LogP contribution in [0.2, 0.25) is 0 Å². The van der Waals surface area contributed by atoms with Crippen molar-refractivity contribution in [2.24, 2.45) is 0 Å². The van der Waals surface area contributed by atoms with Gasteiger partial charge in [0.25, 0.3) is 0 Å². The lowest BCUT2D eigenvalue weighted by atomic mass is 10.2. The summed E-state index contributed by atoms with van der Waals surface area (Å²) in [5.41, 5.74) is 3.19. The molecule has 0 bridgehead atoms. The van der Waals surface area contributed by atoms with Gasteiger partial charge in [-0.25, -0.2) is 19.0 Å². The molecular weight excluding hydrogens is 279 g/mol. The molecule has 0 saturated carbocycles. The predicted molar refractivity (Wildman–Crippen MR) is 81.0 cm³/mol. The zero-order valence-corrected chi connectivity index (χ0v) is 12.2. The average molecular weight is 292 g/mol. The van der Waals surface area contributed by atoms with E-state index in [1.165, 1.54) is 12.3 Å². The highest BCUT2D eigenvalue weighted by Gasteiger charge is 2.11. The summed E-state index contributed by atoms with van der Waals surface area (Å²) in [6, 6.07) is 8.54. The summed E-state index contributed by atoms with van der Waals surface area (Å²) in [7, 11) is 0. The minimum Gasteiger partial charge on any atom is -0.248 e. The Balaban J connectivity index is 2.01. The third-order valence-corrected chi connectivity index (χ3v) is 3.20. The second kappa shape index (κ2) is 5.78. The summed E-state index contributed by atoms with van der Waals surface area (Å²) in [5.74, 6) is 6.31. The van der Waals surface area contributed by atoms with Gasteiger partial charge in [0, 0.05) is 6.20 Å². The number of hydrogen-bond acceptors (Lipinski definition) is 3. The Morgan fingerprint density at radius 1 is 1.05 bits per heavy atom. The first kappa shape index (κ1) is 14.0. The van der Waals surface area contributed by atoms with E-state index in [0.717, 1.165) is 17.0 Å². The van der Waals surface area contributed by atoms with E-state index in [2.05, 4.69) is 26.9 Å². The molecule has 3 aromatic heterocycles. The average Bonchev–Trinajstić information content (AvgIpc) is 2.82. The number of halogens is 1. The predicted octanol–water partition coefficient (Wildman–Crippen LogP) is 2.82. The maximum absolute atomic E-state index is 13.0. The zero-order valence-electron chi connectivity index (χ0n) is 12.2. The Morgan fingerprint density at radius 2 is 1.91 bits per heavy atom. The molecule has 0 aliphatic rings. The van der Waals surface area contributed by atoms with Crippen molar-refractivity contribution in [1.82, 2.24) is 19.7 Å². The Kier molecular flexibility index (Phi) is 3.67. The van der Waals surface area contributed by atoms with Crippen LogP contribution in [0.5, 0.6) is 0 Å². The van der Waals surface area contributed by atoms with Crippen LogP contribution >= 0.6 is 0 Å². The number of pyridine rings is 2. The summed E-state index contributed by atoms with van der Waals surface area (Å²) >= 11 is 0. The lowest BCUT2D eigenvalue weighted by molar-refractivity contribution is 0.618. The second-order valence-electron chi connectivity index (χ2n) is 4.76. The minimum absolute atomic E-state index is 0.375. The molecule has 108 valence electrons. The molecule has 3 heterocycles. The molecule has 0 N–H and O–H groups in total. The molecule has 0 unspecified atom stereocenters. The molecule has 0 radical (unpaired) electrons. The fourth-order valence-corrected chi connectivity index (χ4v) is 2.10. The minimum atomic E-state index is -0.375. The van der Waals surface area contributed by atoms with Gasteiger partial charge in [-0.2, -0.15) is 5.10 Å². The van der Waals surface area contributed by atoms with Crippen molar-refractivity contribution in [3.8, 4) is 17.7 Å². The van der Waals surface area contributed by atoms with Crippen LogP contribution in [0.25, 0.3) is 5.82 Å². The van der Waals surface area contributed by atoms with Crippen molar-refractivity contribution < 1.29 is 4.39 Å².